The summed E-state index contributed by atoms with van der Waals surface area (Å²) in [5.74, 6) is 0. The fraction of sp³-hybridized carbons (Fsp3) is 0.474. The summed E-state index contributed by atoms with van der Waals surface area (Å²) >= 11 is 0. The second-order valence-corrected chi connectivity index (χ2v) is 7.31. The Morgan fingerprint density at radius 2 is 1.96 bits per heavy atom. The number of ether oxygens (including phenoxy) is 1. The highest BCUT2D eigenvalue weighted by molar-refractivity contribution is 5.79. The van der Waals surface area contributed by atoms with Crippen LogP contribution in [0.2, 0.25) is 0 Å². The Balaban J connectivity index is 1.60. The van der Waals surface area contributed by atoms with Crippen LogP contribution in [0.15, 0.2) is 35.1 Å². The van der Waals surface area contributed by atoms with E-state index in [1.165, 1.54) is 0 Å². The first kappa shape index (κ1) is 16.1. The van der Waals surface area contributed by atoms with Crippen molar-refractivity contribution in [1.29, 1.82) is 0 Å². The highest BCUT2D eigenvalue weighted by atomic mass is 16.6. The Hall–Kier alpha value is -2.34. The van der Waals surface area contributed by atoms with Crippen LogP contribution in [0.1, 0.15) is 18.4 Å². The number of carbonyl (C=O) groups is 1. The van der Waals surface area contributed by atoms with Gasteiger partial charge in [0.1, 0.15) is 5.60 Å². The van der Waals surface area contributed by atoms with Crippen molar-refractivity contribution in [3.05, 3.63) is 46.2 Å². The lowest BCUT2D eigenvalue weighted by atomic mass is 9.92. The Labute approximate surface area is 146 Å². The highest BCUT2D eigenvalue weighted by Gasteiger charge is 2.46. The Kier molecular flexibility index (Phi) is 3.80. The number of aryl methyl sites for hydroxylation is 1. The SMILES string of the molecule is CN1C[C@@]2(CCCN(Cc3cc4ccccc4n(C)c3=O)C2)OC1=O. The van der Waals surface area contributed by atoms with E-state index in [0.29, 0.717) is 19.6 Å². The molecule has 0 N–H and O–H groups in total. The summed E-state index contributed by atoms with van der Waals surface area (Å²) in [7, 11) is 3.59. The van der Waals surface area contributed by atoms with Gasteiger partial charge in [0.2, 0.25) is 0 Å². The first-order chi connectivity index (χ1) is 12.0. The summed E-state index contributed by atoms with van der Waals surface area (Å²) in [6, 6.07) is 9.92. The molecule has 2 aliphatic heterocycles. The van der Waals surface area contributed by atoms with E-state index in [1.807, 2.05) is 37.4 Å². The van der Waals surface area contributed by atoms with Crippen molar-refractivity contribution in [3.63, 3.8) is 0 Å². The van der Waals surface area contributed by atoms with Crippen molar-refractivity contribution >= 4 is 17.0 Å². The number of nitrogens with zero attached hydrogens (tertiary/aromatic N) is 3. The van der Waals surface area contributed by atoms with E-state index in [0.717, 1.165) is 35.9 Å². The van der Waals surface area contributed by atoms with Crippen molar-refractivity contribution in [3.8, 4) is 0 Å². The summed E-state index contributed by atoms with van der Waals surface area (Å²) in [6.45, 7) is 2.80. The lowest BCUT2D eigenvalue weighted by Gasteiger charge is -2.38. The number of carbonyl (C=O) groups excluding carboxylic acids is 1. The molecule has 6 heteroatoms. The van der Waals surface area contributed by atoms with E-state index in [-0.39, 0.29) is 11.7 Å². The maximum Gasteiger partial charge on any atom is 0.410 e. The van der Waals surface area contributed by atoms with Crippen molar-refractivity contribution in [2.75, 3.05) is 26.7 Å². The average Bonchev–Trinajstić information content (AvgIpc) is 2.85. The van der Waals surface area contributed by atoms with Gasteiger partial charge in [-0.15, -0.1) is 0 Å². The summed E-state index contributed by atoms with van der Waals surface area (Å²) in [6.07, 6.45) is 1.60. The standard InChI is InChI=1S/C19H23N3O3/c1-20-12-19(25-18(20)24)8-5-9-22(13-19)11-15-10-14-6-3-4-7-16(14)21(2)17(15)23/h3-4,6-7,10H,5,8-9,11-13H2,1-2H3/t19-/m1/s1. The summed E-state index contributed by atoms with van der Waals surface area (Å²) < 4.78 is 7.37. The van der Waals surface area contributed by atoms with Crippen LogP contribution in [0.3, 0.4) is 0 Å². The zero-order valence-electron chi connectivity index (χ0n) is 14.7. The minimum atomic E-state index is -0.424. The lowest BCUT2D eigenvalue weighted by Crippen LogP contribution is -2.50. The zero-order valence-corrected chi connectivity index (χ0v) is 14.7. The molecule has 1 amide bonds. The van der Waals surface area contributed by atoms with E-state index in [2.05, 4.69) is 4.90 Å². The number of likely N-dealkylation sites (N-methyl/N-ethyl adjacent to an activating group) is 1. The number of hydrogen-bond donors (Lipinski definition) is 0. The van der Waals surface area contributed by atoms with Crippen molar-refractivity contribution in [2.45, 2.75) is 25.0 Å². The topological polar surface area (TPSA) is 54.8 Å². The molecule has 2 aromatic rings. The molecule has 2 fully saturated rings. The van der Waals surface area contributed by atoms with Gasteiger partial charge in [0.25, 0.3) is 5.56 Å². The van der Waals surface area contributed by atoms with Crippen LogP contribution in [-0.2, 0) is 18.3 Å². The van der Waals surface area contributed by atoms with Gasteiger partial charge in [-0.3, -0.25) is 9.69 Å². The molecule has 3 heterocycles. The molecule has 1 spiro atoms. The molecule has 0 bridgehead atoms. The third-order valence-corrected chi connectivity index (χ3v) is 5.36. The van der Waals surface area contributed by atoms with Gasteiger partial charge in [-0.1, -0.05) is 18.2 Å². The number of aromatic nitrogens is 1. The summed E-state index contributed by atoms with van der Waals surface area (Å²) in [5, 5.41) is 1.07. The number of piperidine rings is 1. The minimum Gasteiger partial charge on any atom is -0.440 e. The molecule has 6 nitrogen and oxygen atoms in total. The van der Waals surface area contributed by atoms with Gasteiger partial charge in [0.15, 0.2) is 0 Å². The maximum absolute atomic E-state index is 12.7. The van der Waals surface area contributed by atoms with E-state index >= 15 is 0 Å². The predicted molar refractivity (Wildman–Crippen MR) is 95.5 cm³/mol. The molecule has 2 saturated heterocycles. The molecule has 2 aliphatic rings. The first-order valence-electron chi connectivity index (χ1n) is 8.72. The maximum atomic E-state index is 12.7. The Morgan fingerprint density at radius 1 is 1.16 bits per heavy atom. The molecule has 0 radical (unpaired) electrons. The smallest absolute Gasteiger partial charge is 0.410 e. The van der Waals surface area contributed by atoms with Gasteiger partial charge in [0.05, 0.1) is 12.1 Å². The Morgan fingerprint density at radius 3 is 2.72 bits per heavy atom. The fourth-order valence-electron chi connectivity index (χ4n) is 4.17. The molecule has 0 unspecified atom stereocenters. The number of pyridine rings is 1. The zero-order chi connectivity index (χ0) is 17.6. The minimum absolute atomic E-state index is 0.0406. The second kappa shape index (κ2) is 5.88. The van der Waals surface area contributed by atoms with Crippen molar-refractivity contribution in [2.24, 2.45) is 7.05 Å². The number of benzene rings is 1. The Bertz CT molecular complexity index is 891. The molecule has 132 valence electrons. The van der Waals surface area contributed by atoms with Gasteiger partial charge >= 0.3 is 6.09 Å². The number of rotatable bonds is 2. The van der Waals surface area contributed by atoms with Crippen LogP contribution < -0.4 is 5.56 Å². The molecular formula is C19H23N3O3. The van der Waals surface area contributed by atoms with Crippen LogP contribution in [0, 0.1) is 0 Å². The fourth-order valence-corrected chi connectivity index (χ4v) is 4.17. The molecule has 0 aliphatic carbocycles. The lowest BCUT2D eigenvalue weighted by molar-refractivity contribution is -0.0114. The molecule has 0 saturated carbocycles. The monoisotopic (exact) mass is 341 g/mol. The molecule has 1 aromatic heterocycles. The van der Waals surface area contributed by atoms with E-state index in [9.17, 15) is 9.59 Å². The second-order valence-electron chi connectivity index (χ2n) is 7.31. The quantitative estimate of drug-likeness (QED) is 0.838. The number of amides is 1. The number of para-hydroxylation sites is 1. The van der Waals surface area contributed by atoms with Crippen molar-refractivity contribution < 1.29 is 9.53 Å². The third-order valence-electron chi connectivity index (χ3n) is 5.36. The van der Waals surface area contributed by atoms with Crippen LogP contribution >= 0.6 is 0 Å². The number of hydrogen-bond acceptors (Lipinski definition) is 4. The van der Waals surface area contributed by atoms with E-state index in [4.69, 9.17) is 4.74 Å². The summed E-state index contributed by atoms with van der Waals surface area (Å²) in [4.78, 5) is 28.4. The third kappa shape index (κ3) is 2.80. The number of likely N-dealkylation sites (tertiary alicyclic amines) is 1. The van der Waals surface area contributed by atoms with Gasteiger partial charge < -0.3 is 14.2 Å². The molecule has 1 atom stereocenters. The molecule has 4 rings (SSSR count). The highest BCUT2D eigenvalue weighted by Crippen LogP contribution is 2.31. The van der Waals surface area contributed by atoms with Gasteiger partial charge in [-0.25, -0.2) is 4.79 Å². The summed E-state index contributed by atoms with van der Waals surface area (Å²) in [5.41, 5.74) is 1.35. The average molecular weight is 341 g/mol. The van der Waals surface area contributed by atoms with Crippen LogP contribution in [0.5, 0.6) is 0 Å². The number of fused-ring (bicyclic) bond motifs is 1. The molecule has 25 heavy (non-hydrogen) atoms. The van der Waals surface area contributed by atoms with Crippen LogP contribution in [0.25, 0.3) is 10.9 Å². The van der Waals surface area contributed by atoms with Gasteiger partial charge in [-0.05, 0) is 36.9 Å². The molecule has 1 aromatic carbocycles. The van der Waals surface area contributed by atoms with E-state index < -0.39 is 5.60 Å². The largest absolute Gasteiger partial charge is 0.440 e. The van der Waals surface area contributed by atoms with Crippen LogP contribution in [0.4, 0.5) is 4.79 Å². The van der Waals surface area contributed by atoms with Crippen molar-refractivity contribution in [1.82, 2.24) is 14.4 Å². The first-order valence-corrected chi connectivity index (χ1v) is 8.72. The van der Waals surface area contributed by atoms with E-state index in [1.54, 1.807) is 16.5 Å². The van der Waals surface area contributed by atoms with Crippen LogP contribution in [-0.4, -0.2) is 52.7 Å². The molecular weight excluding hydrogens is 318 g/mol. The van der Waals surface area contributed by atoms with Gasteiger partial charge in [0, 0.05) is 32.7 Å². The van der Waals surface area contributed by atoms with Gasteiger partial charge in [-0.2, -0.15) is 0 Å². The predicted octanol–water partition coefficient (Wildman–Crippen LogP) is 1.96. The normalized spacial score (nSPS) is 24.2.